The predicted octanol–water partition coefficient (Wildman–Crippen LogP) is 3.54. The van der Waals surface area contributed by atoms with Gasteiger partial charge in [-0.05, 0) is 34.4 Å². The van der Waals surface area contributed by atoms with E-state index in [4.69, 9.17) is 0 Å². The third kappa shape index (κ3) is 4.84. The number of aliphatic hydroxyl groups excluding tert-OH is 1. The van der Waals surface area contributed by atoms with Crippen molar-refractivity contribution in [3.63, 3.8) is 0 Å². The molecular weight excluding hydrogens is 299 g/mol. The molecule has 6 heteroatoms. The van der Waals surface area contributed by atoms with E-state index >= 15 is 0 Å². The van der Waals surface area contributed by atoms with Gasteiger partial charge in [0.2, 0.25) is 0 Å². The lowest BCUT2D eigenvalue weighted by molar-refractivity contribution is -0.156. The van der Waals surface area contributed by atoms with Crippen LogP contribution in [0.1, 0.15) is 17.2 Å². The Labute approximate surface area is 125 Å². The molecule has 0 fully saturated rings. The van der Waals surface area contributed by atoms with Crippen LogP contribution >= 0.6 is 11.3 Å². The molecule has 2 aromatic rings. The molecule has 0 aliphatic carbocycles. The van der Waals surface area contributed by atoms with Crippen molar-refractivity contribution < 1.29 is 18.3 Å². The Morgan fingerprint density at radius 3 is 2.43 bits per heavy atom. The number of aliphatic hydroxyl groups is 1. The van der Waals surface area contributed by atoms with Crippen molar-refractivity contribution >= 4 is 11.3 Å². The van der Waals surface area contributed by atoms with Gasteiger partial charge in [-0.15, -0.1) is 0 Å². The first-order valence-electron chi connectivity index (χ1n) is 6.51. The maximum absolute atomic E-state index is 13.1. The van der Waals surface area contributed by atoms with Gasteiger partial charge in [-0.3, -0.25) is 0 Å². The Balaban J connectivity index is 1.97. The predicted molar refractivity (Wildman–Crippen MR) is 77.3 cm³/mol. The van der Waals surface area contributed by atoms with Crippen molar-refractivity contribution in [1.82, 2.24) is 5.32 Å². The fourth-order valence-corrected chi connectivity index (χ4v) is 2.70. The highest BCUT2D eigenvalue weighted by molar-refractivity contribution is 7.07. The third-order valence-electron chi connectivity index (χ3n) is 3.16. The molecule has 0 aliphatic heterocycles. The quantitative estimate of drug-likeness (QED) is 0.854. The van der Waals surface area contributed by atoms with Gasteiger partial charge in [0.1, 0.15) is 6.04 Å². The van der Waals surface area contributed by atoms with Crippen LogP contribution in [0.3, 0.4) is 0 Å². The van der Waals surface area contributed by atoms with E-state index < -0.39 is 18.3 Å². The highest BCUT2D eigenvalue weighted by Gasteiger charge is 2.39. The number of rotatable bonds is 6. The van der Waals surface area contributed by atoms with E-state index in [2.05, 4.69) is 5.32 Å². The molecule has 1 aromatic carbocycles. The Morgan fingerprint density at radius 1 is 1.14 bits per heavy atom. The lowest BCUT2D eigenvalue weighted by atomic mass is 10.0. The molecule has 1 heterocycles. The Bertz CT molecular complexity index is 528. The Hall–Kier alpha value is -1.37. The number of benzene rings is 1. The molecule has 0 aliphatic rings. The average Bonchev–Trinajstić information content (AvgIpc) is 2.97. The first-order chi connectivity index (χ1) is 9.97. The van der Waals surface area contributed by atoms with Crippen LogP contribution in [0, 0.1) is 0 Å². The van der Waals surface area contributed by atoms with Crippen molar-refractivity contribution in [3.8, 4) is 0 Å². The van der Waals surface area contributed by atoms with Crippen molar-refractivity contribution in [2.75, 3.05) is 6.54 Å². The molecule has 114 valence electrons. The molecule has 2 N–H and O–H groups in total. The molecule has 1 aromatic heterocycles. The van der Waals surface area contributed by atoms with Crippen LogP contribution in [0.2, 0.25) is 0 Å². The highest BCUT2D eigenvalue weighted by Crippen LogP contribution is 2.24. The summed E-state index contributed by atoms with van der Waals surface area (Å²) >= 11 is 1.40. The largest absolute Gasteiger partial charge is 0.404 e. The van der Waals surface area contributed by atoms with Crippen molar-refractivity contribution in [3.05, 3.63) is 58.3 Å². The molecule has 0 radical (unpaired) electrons. The fraction of sp³-hybridized carbons (Fsp3) is 0.333. The summed E-state index contributed by atoms with van der Waals surface area (Å²) in [6.45, 7) is -0.131. The summed E-state index contributed by atoms with van der Waals surface area (Å²) in [5, 5.41) is 15.8. The molecule has 0 unspecified atom stereocenters. The summed E-state index contributed by atoms with van der Waals surface area (Å²) in [5.41, 5.74) is 1.24. The number of alkyl halides is 3. The number of nitrogens with one attached hydrogen (secondary N) is 1. The second-order valence-corrected chi connectivity index (χ2v) is 5.54. The van der Waals surface area contributed by atoms with Gasteiger partial charge in [0.05, 0.1) is 6.10 Å². The van der Waals surface area contributed by atoms with Crippen LogP contribution in [0.25, 0.3) is 0 Å². The molecular formula is C15H16F3NOS. The van der Waals surface area contributed by atoms with Gasteiger partial charge in [0.15, 0.2) is 0 Å². The van der Waals surface area contributed by atoms with E-state index in [9.17, 15) is 18.3 Å². The SMILES string of the molecule is O[C@H](CN[C@H](Cc1ccccc1)C(F)(F)F)c1ccsc1. The zero-order chi connectivity index (χ0) is 15.3. The van der Waals surface area contributed by atoms with Crippen LogP contribution in [0.4, 0.5) is 13.2 Å². The standard InChI is InChI=1S/C15H16F3NOS/c16-15(17,18)14(8-11-4-2-1-3-5-11)19-9-13(20)12-6-7-21-10-12/h1-7,10,13-14,19-20H,8-9H2/t13-,14-/m1/s1. The van der Waals surface area contributed by atoms with Crippen LogP contribution in [-0.2, 0) is 6.42 Å². The summed E-state index contributed by atoms with van der Waals surface area (Å²) in [5.74, 6) is 0. The first-order valence-corrected chi connectivity index (χ1v) is 7.45. The van der Waals surface area contributed by atoms with Crippen molar-refractivity contribution in [2.24, 2.45) is 0 Å². The summed E-state index contributed by atoms with van der Waals surface area (Å²) in [7, 11) is 0. The summed E-state index contributed by atoms with van der Waals surface area (Å²) < 4.78 is 39.2. The molecule has 0 bridgehead atoms. The van der Waals surface area contributed by atoms with Crippen LogP contribution < -0.4 is 5.32 Å². The lowest BCUT2D eigenvalue weighted by Gasteiger charge is -2.23. The zero-order valence-electron chi connectivity index (χ0n) is 11.2. The van der Waals surface area contributed by atoms with E-state index in [0.717, 1.165) is 0 Å². The van der Waals surface area contributed by atoms with Crippen molar-refractivity contribution in [1.29, 1.82) is 0 Å². The molecule has 2 rings (SSSR count). The first kappa shape index (κ1) is 16.0. The smallest absolute Gasteiger partial charge is 0.387 e. The van der Waals surface area contributed by atoms with Gasteiger partial charge < -0.3 is 10.4 Å². The minimum absolute atomic E-state index is 0.131. The number of halogens is 3. The number of hydrogen-bond acceptors (Lipinski definition) is 3. The molecule has 2 nitrogen and oxygen atoms in total. The topological polar surface area (TPSA) is 32.3 Å². The van der Waals surface area contributed by atoms with E-state index in [1.807, 2.05) is 0 Å². The minimum atomic E-state index is -4.36. The average molecular weight is 315 g/mol. The van der Waals surface area contributed by atoms with E-state index in [1.165, 1.54) is 11.3 Å². The monoisotopic (exact) mass is 315 g/mol. The second-order valence-electron chi connectivity index (χ2n) is 4.76. The van der Waals surface area contributed by atoms with Gasteiger partial charge in [-0.1, -0.05) is 30.3 Å². The second kappa shape index (κ2) is 7.06. The fourth-order valence-electron chi connectivity index (χ4n) is 1.99. The zero-order valence-corrected chi connectivity index (χ0v) is 12.0. The maximum atomic E-state index is 13.1. The molecule has 0 amide bonds. The van der Waals surface area contributed by atoms with Gasteiger partial charge in [0.25, 0.3) is 0 Å². The normalized spacial score (nSPS) is 14.9. The van der Waals surface area contributed by atoms with Crippen LogP contribution in [-0.4, -0.2) is 23.9 Å². The molecule has 0 saturated heterocycles. The van der Waals surface area contributed by atoms with Crippen LogP contribution in [0.5, 0.6) is 0 Å². The molecule has 0 spiro atoms. The third-order valence-corrected chi connectivity index (χ3v) is 3.86. The van der Waals surface area contributed by atoms with Gasteiger partial charge >= 0.3 is 6.18 Å². The van der Waals surface area contributed by atoms with Gasteiger partial charge in [-0.2, -0.15) is 24.5 Å². The molecule has 21 heavy (non-hydrogen) atoms. The molecule has 2 atom stereocenters. The van der Waals surface area contributed by atoms with E-state index in [-0.39, 0.29) is 13.0 Å². The summed E-state index contributed by atoms with van der Waals surface area (Å²) in [6.07, 6.45) is -5.44. The van der Waals surface area contributed by atoms with Gasteiger partial charge in [-0.25, -0.2) is 0 Å². The summed E-state index contributed by atoms with van der Waals surface area (Å²) in [6, 6.07) is 8.54. The maximum Gasteiger partial charge on any atom is 0.404 e. The van der Waals surface area contributed by atoms with E-state index in [1.54, 1.807) is 47.2 Å². The Morgan fingerprint density at radius 2 is 1.86 bits per heavy atom. The lowest BCUT2D eigenvalue weighted by Crippen LogP contribution is -2.45. The Kier molecular flexibility index (Phi) is 5.39. The van der Waals surface area contributed by atoms with Crippen molar-refractivity contribution in [2.45, 2.75) is 24.7 Å². The number of hydrogen-bond donors (Lipinski definition) is 2. The number of thiophene rings is 1. The summed E-state index contributed by atoms with van der Waals surface area (Å²) in [4.78, 5) is 0. The minimum Gasteiger partial charge on any atom is -0.387 e. The van der Waals surface area contributed by atoms with E-state index in [0.29, 0.717) is 11.1 Å². The highest BCUT2D eigenvalue weighted by atomic mass is 32.1. The van der Waals surface area contributed by atoms with Crippen LogP contribution in [0.15, 0.2) is 47.2 Å². The van der Waals surface area contributed by atoms with Gasteiger partial charge in [0, 0.05) is 6.54 Å². The molecule has 0 saturated carbocycles.